The van der Waals surface area contributed by atoms with Gasteiger partial charge in [0, 0.05) is 30.7 Å². The van der Waals surface area contributed by atoms with E-state index >= 15 is 0 Å². The second-order valence-electron chi connectivity index (χ2n) is 12.2. The molecular formula is C28H39NO4. The van der Waals surface area contributed by atoms with Crippen LogP contribution >= 0.6 is 0 Å². The lowest BCUT2D eigenvalue weighted by atomic mass is 9.53. The van der Waals surface area contributed by atoms with Crippen LogP contribution in [0.25, 0.3) is 0 Å². The van der Waals surface area contributed by atoms with Gasteiger partial charge in [-0.1, -0.05) is 12.1 Å². The smallest absolute Gasteiger partial charge is 0.210 e. The first-order chi connectivity index (χ1) is 16.1. The Morgan fingerprint density at radius 3 is 2.21 bits per heavy atom. The van der Waals surface area contributed by atoms with E-state index < -0.39 is 11.6 Å². The summed E-state index contributed by atoms with van der Waals surface area (Å²) in [6.07, 6.45) is 15.2. The Morgan fingerprint density at radius 1 is 0.818 bits per heavy atom. The molecule has 2 spiro atoms. The molecule has 0 radical (unpaired) electrons. The van der Waals surface area contributed by atoms with Crippen molar-refractivity contribution in [2.75, 3.05) is 0 Å². The van der Waals surface area contributed by atoms with Crippen LogP contribution in [0.5, 0.6) is 5.75 Å². The fourth-order valence-electron chi connectivity index (χ4n) is 8.48. The lowest BCUT2D eigenvalue weighted by Gasteiger charge is -2.57. The predicted octanol–water partition coefficient (Wildman–Crippen LogP) is 5.82. The molecule has 180 valence electrons. The van der Waals surface area contributed by atoms with Crippen LogP contribution in [0.2, 0.25) is 0 Å². The van der Waals surface area contributed by atoms with E-state index in [1.165, 1.54) is 44.1 Å². The average molecular weight is 454 g/mol. The maximum Gasteiger partial charge on any atom is 0.210 e. The number of nitrogens with two attached hydrogens (primary N) is 1. The number of ether oxygens (including phenoxy) is 2. The third-order valence-electron chi connectivity index (χ3n) is 9.99. The van der Waals surface area contributed by atoms with Gasteiger partial charge in [0.25, 0.3) is 0 Å². The Labute approximate surface area is 197 Å². The average Bonchev–Trinajstić information content (AvgIpc) is 3.18. The maximum absolute atomic E-state index is 6.96. The Balaban J connectivity index is 1.03. The molecule has 0 unspecified atom stereocenters. The molecule has 1 aliphatic heterocycles. The van der Waals surface area contributed by atoms with E-state index in [1.54, 1.807) is 0 Å². The fourth-order valence-corrected chi connectivity index (χ4v) is 8.48. The Morgan fingerprint density at radius 2 is 1.52 bits per heavy atom. The van der Waals surface area contributed by atoms with E-state index in [1.807, 2.05) is 0 Å². The normalized spacial score (nSPS) is 48.6. The summed E-state index contributed by atoms with van der Waals surface area (Å²) in [4.78, 5) is 12.4. The summed E-state index contributed by atoms with van der Waals surface area (Å²) in [6.45, 7) is 0. The fraction of sp³-hybridized carbons (Fsp3) is 0.786. The van der Waals surface area contributed by atoms with Gasteiger partial charge in [0.05, 0.1) is 6.10 Å². The minimum Gasteiger partial charge on any atom is -0.490 e. The summed E-state index contributed by atoms with van der Waals surface area (Å²) >= 11 is 0. The molecule has 8 rings (SSSR count). The molecule has 1 aromatic carbocycles. The van der Waals surface area contributed by atoms with Gasteiger partial charge in [0.1, 0.15) is 5.75 Å². The van der Waals surface area contributed by atoms with Gasteiger partial charge in [-0.2, -0.15) is 9.78 Å². The van der Waals surface area contributed by atoms with Crippen LogP contribution in [0.3, 0.4) is 0 Å². The molecule has 1 saturated heterocycles. The highest BCUT2D eigenvalue weighted by atomic mass is 17.3. The van der Waals surface area contributed by atoms with Gasteiger partial charge in [-0.15, -0.1) is 0 Å². The molecule has 0 aromatic heterocycles. The highest BCUT2D eigenvalue weighted by Gasteiger charge is 2.67. The minimum atomic E-state index is -0.561. The van der Waals surface area contributed by atoms with Gasteiger partial charge < -0.3 is 15.2 Å². The molecule has 6 aliphatic carbocycles. The molecule has 2 N–H and O–H groups in total. The van der Waals surface area contributed by atoms with Crippen molar-refractivity contribution in [1.82, 2.24) is 0 Å². The van der Waals surface area contributed by atoms with Crippen LogP contribution in [-0.2, 0) is 14.5 Å². The van der Waals surface area contributed by atoms with E-state index in [0.29, 0.717) is 29.9 Å². The van der Waals surface area contributed by atoms with Crippen LogP contribution in [0.4, 0.5) is 0 Å². The molecule has 2 atom stereocenters. The molecule has 4 bridgehead atoms. The minimum absolute atomic E-state index is 0.309. The lowest BCUT2D eigenvalue weighted by molar-refractivity contribution is -0.390. The summed E-state index contributed by atoms with van der Waals surface area (Å²) in [5.74, 6) is 3.24. The van der Waals surface area contributed by atoms with Crippen LogP contribution in [0.15, 0.2) is 24.3 Å². The van der Waals surface area contributed by atoms with E-state index in [0.717, 1.165) is 62.5 Å². The van der Waals surface area contributed by atoms with E-state index in [4.69, 9.17) is 25.0 Å². The predicted molar refractivity (Wildman–Crippen MR) is 124 cm³/mol. The molecule has 5 heteroatoms. The molecule has 1 heterocycles. The molecular weight excluding hydrogens is 414 g/mol. The summed E-state index contributed by atoms with van der Waals surface area (Å²) in [5, 5.41) is 0. The number of benzene rings is 1. The van der Waals surface area contributed by atoms with Crippen molar-refractivity contribution < 1.29 is 19.2 Å². The first kappa shape index (κ1) is 21.2. The first-order valence-corrected chi connectivity index (χ1v) is 13.7. The van der Waals surface area contributed by atoms with Crippen molar-refractivity contribution in [2.24, 2.45) is 29.4 Å². The monoisotopic (exact) mass is 453 g/mol. The molecule has 7 fully saturated rings. The van der Waals surface area contributed by atoms with Crippen molar-refractivity contribution in [3.05, 3.63) is 29.8 Å². The van der Waals surface area contributed by atoms with Gasteiger partial charge in [-0.3, -0.25) is 0 Å². The first-order valence-electron chi connectivity index (χ1n) is 13.7. The van der Waals surface area contributed by atoms with Crippen LogP contribution in [-0.4, -0.2) is 23.7 Å². The van der Waals surface area contributed by atoms with Gasteiger partial charge in [0.15, 0.2) is 0 Å². The van der Waals surface area contributed by atoms with Crippen molar-refractivity contribution in [1.29, 1.82) is 0 Å². The largest absolute Gasteiger partial charge is 0.490 e. The molecule has 33 heavy (non-hydrogen) atoms. The third-order valence-corrected chi connectivity index (χ3v) is 9.99. The van der Waals surface area contributed by atoms with Crippen molar-refractivity contribution in [3.63, 3.8) is 0 Å². The van der Waals surface area contributed by atoms with Crippen molar-refractivity contribution >= 4 is 0 Å². The lowest BCUT2D eigenvalue weighted by Crippen LogP contribution is -2.59. The van der Waals surface area contributed by atoms with Crippen molar-refractivity contribution in [2.45, 2.75) is 113 Å². The molecule has 0 amide bonds. The summed E-state index contributed by atoms with van der Waals surface area (Å²) in [7, 11) is 0. The highest BCUT2D eigenvalue weighted by Crippen LogP contribution is 2.64. The van der Waals surface area contributed by atoms with Crippen LogP contribution < -0.4 is 10.5 Å². The van der Waals surface area contributed by atoms with Gasteiger partial charge in [-0.25, -0.2) is 0 Å². The van der Waals surface area contributed by atoms with Gasteiger partial charge in [-0.05, 0) is 106 Å². The molecule has 1 aromatic rings. The van der Waals surface area contributed by atoms with E-state index in [2.05, 4.69) is 24.3 Å². The van der Waals surface area contributed by atoms with Gasteiger partial charge in [0.2, 0.25) is 11.6 Å². The Kier molecular flexibility index (Phi) is 5.09. The topological polar surface area (TPSA) is 62.9 Å². The van der Waals surface area contributed by atoms with E-state index in [-0.39, 0.29) is 0 Å². The van der Waals surface area contributed by atoms with Crippen LogP contribution in [0.1, 0.15) is 95.0 Å². The summed E-state index contributed by atoms with van der Waals surface area (Å²) in [6, 6.07) is 9.16. The Bertz CT molecular complexity index is 835. The SMILES string of the molecule is N[C@H]1CC[C@@H](Oc2ccc([C@@H]3CCC[C@]4(C3)OOC3(O4)C4CC5CC(C4)CC3C5)cc2)CC1. The zero-order valence-corrected chi connectivity index (χ0v) is 19.8. The number of hydrogen-bond acceptors (Lipinski definition) is 5. The number of hydrogen-bond donors (Lipinski definition) is 1. The third kappa shape index (κ3) is 3.65. The number of rotatable bonds is 3. The zero-order valence-electron chi connectivity index (χ0n) is 19.8. The quantitative estimate of drug-likeness (QED) is 0.584. The maximum atomic E-state index is 6.96. The highest BCUT2D eigenvalue weighted by molar-refractivity contribution is 5.30. The standard InChI is InChI=1S/C28H39NO4/c29-24-5-9-26(10-6-24)30-25-7-3-20(4-8-25)21-2-1-11-27(17-21)31-28(33-32-27)22-13-18-12-19(15-22)16-23(28)14-18/h3-4,7-8,18-19,21-24,26H,1-2,5-6,9-17,29H2/t18?,19?,21-,22?,23?,24-,26+,27-,28?/m1/s1. The molecule has 6 saturated carbocycles. The second-order valence-corrected chi connectivity index (χ2v) is 12.2. The van der Waals surface area contributed by atoms with Crippen molar-refractivity contribution in [3.8, 4) is 5.75 Å². The molecule has 5 nitrogen and oxygen atoms in total. The van der Waals surface area contributed by atoms with E-state index in [9.17, 15) is 0 Å². The van der Waals surface area contributed by atoms with Gasteiger partial charge >= 0.3 is 0 Å². The summed E-state index contributed by atoms with van der Waals surface area (Å²) in [5.41, 5.74) is 7.40. The van der Waals surface area contributed by atoms with Crippen LogP contribution in [0, 0.1) is 23.7 Å². The zero-order chi connectivity index (χ0) is 22.0. The molecule has 7 aliphatic rings. The summed E-state index contributed by atoms with van der Waals surface area (Å²) < 4.78 is 13.2. The Hall–Kier alpha value is -1.14. The second kappa shape index (κ2) is 7.94.